The van der Waals surface area contributed by atoms with Crippen LogP contribution in [0.5, 0.6) is 5.75 Å². The first kappa shape index (κ1) is 26.2. The van der Waals surface area contributed by atoms with E-state index in [1.807, 2.05) is 25.1 Å². The summed E-state index contributed by atoms with van der Waals surface area (Å²) in [6.45, 7) is 5.27. The smallest absolute Gasteiger partial charge is 0.259 e. The molecule has 2 aromatic heterocycles. The van der Waals surface area contributed by atoms with E-state index in [2.05, 4.69) is 37.0 Å². The number of benzene rings is 3. The standard InChI is InChI=1S/C29H30N6O4S/c1-2-14-39-27-9-8-21(40(37,38)35-12-10-34(11-13-35)18-20-6-4-3-5-7-20)15-23(27)28-32-24-17-26-25(30-19-31-26)16-22(24)29(36)33-28/h3-9,15-17,19H,2,10-14,18H2,1H3,(H,30,31)(H,32,33,36). The molecular formula is C29H30N6O4S. The second-order valence-electron chi connectivity index (χ2n) is 9.88. The van der Waals surface area contributed by atoms with Crippen molar-refractivity contribution in [2.45, 2.75) is 24.8 Å². The summed E-state index contributed by atoms with van der Waals surface area (Å²) in [5.74, 6) is 0.694. The molecule has 3 aromatic carbocycles. The van der Waals surface area contributed by atoms with Crippen LogP contribution >= 0.6 is 0 Å². The number of sulfonamides is 1. The number of hydrogen-bond donors (Lipinski definition) is 2. The van der Waals surface area contributed by atoms with E-state index >= 15 is 0 Å². The average Bonchev–Trinajstić information content (AvgIpc) is 3.43. The topological polar surface area (TPSA) is 124 Å². The van der Waals surface area contributed by atoms with E-state index in [0.717, 1.165) is 18.5 Å². The number of aromatic nitrogens is 4. The molecule has 0 radical (unpaired) electrons. The highest BCUT2D eigenvalue weighted by Gasteiger charge is 2.29. The molecule has 0 atom stereocenters. The SMILES string of the molecule is CCCOc1ccc(S(=O)(=O)N2CCN(Cc3ccccc3)CC2)cc1-c1nc2cc3nc[nH]c3cc2c(=O)[nH]1. The second-order valence-corrected chi connectivity index (χ2v) is 11.8. The summed E-state index contributed by atoms with van der Waals surface area (Å²) in [6, 6.07) is 18.4. The molecular weight excluding hydrogens is 528 g/mol. The number of hydrogen-bond acceptors (Lipinski definition) is 7. The fraction of sp³-hybridized carbons (Fsp3) is 0.276. The summed E-state index contributed by atoms with van der Waals surface area (Å²) in [6.07, 6.45) is 2.33. The van der Waals surface area contributed by atoms with Crippen LogP contribution in [-0.2, 0) is 16.6 Å². The van der Waals surface area contributed by atoms with Gasteiger partial charge in [-0.25, -0.2) is 18.4 Å². The van der Waals surface area contributed by atoms with Crippen LogP contribution in [0.25, 0.3) is 33.3 Å². The Bertz CT molecular complexity index is 1830. The third-order valence-electron chi connectivity index (χ3n) is 7.13. The molecule has 0 unspecified atom stereocenters. The molecule has 11 heteroatoms. The first-order chi connectivity index (χ1) is 19.4. The van der Waals surface area contributed by atoms with Crippen LogP contribution in [0.15, 0.2) is 76.7 Å². The highest BCUT2D eigenvalue weighted by atomic mass is 32.2. The monoisotopic (exact) mass is 558 g/mol. The Kier molecular flexibility index (Phi) is 7.09. The summed E-state index contributed by atoms with van der Waals surface area (Å²) in [5, 5.41) is 0.411. The predicted octanol–water partition coefficient (Wildman–Crippen LogP) is 3.76. The van der Waals surface area contributed by atoms with Gasteiger partial charge in [-0.1, -0.05) is 37.3 Å². The summed E-state index contributed by atoms with van der Waals surface area (Å²) in [4.78, 5) is 30.2. The molecule has 6 rings (SSSR count). The van der Waals surface area contributed by atoms with Crippen molar-refractivity contribution in [2.24, 2.45) is 0 Å². The molecule has 3 heterocycles. The Balaban J connectivity index is 1.32. The molecule has 2 N–H and O–H groups in total. The second kappa shape index (κ2) is 10.8. The largest absolute Gasteiger partial charge is 0.493 e. The Morgan fingerprint density at radius 3 is 2.55 bits per heavy atom. The first-order valence-corrected chi connectivity index (χ1v) is 14.8. The highest BCUT2D eigenvalue weighted by Crippen LogP contribution is 2.32. The molecule has 0 bridgehead atoms. The van der Waals surface area contributed by atoms with Crippen molar-refractivity contribution >= 4 is 32.0 Å². The van der Waals surface area contributed by atoms with Gasteiger partial charge < -0.3 is 14.7 Å². The van der Waals surface area contributed by atoms with E-state index in [4.69, 9.17) is 4.74 Å². The fourth-order valence-electron chi connectivity index (χ4n) is 5.01. The number of piperazine rings is 1. The summed E-state index contributed by atoms with van der Waals surface area (Å²) in [5.41, 5.74) is 3.16. The van der Waals surface area contributed by atoms with Crippen LogP contribution in [0, 0.1) is 0 Å². The molecule has 5 aromatic rings. The van der Waals surface area contributed by atoms with Crippen molar-refractivity contribution in [3.63, 3.8) is 0 Å². The molecule has 1 fully saturated rings. The Morgan fingerprint density at radius 1 is 0.975 bits per heavy atom. The quantitative estimate of drug-likeness (QED) is 0.297. The van der Waals surface area contributed by atoms with Gasteiger partial charge in [0.1, 0.15) is 11.6 Å². The molecule has 10 nitrogen and oxygen atoms in total. The molecule has 1 saturated heterocycles. The fourth-order valence-corrected chi connectivity index (χ4v) is 6.46. The van der Waals surface area contributed by atoms with Gasteiger partial charge in [0.25, 0.3) is 5.56 Å². The van der Waals surface area contributed by atoms with Gasteiger partial charge in [-0.3, -0.25) is 9.69 Å². The number of nitrogens with one attached hydrogen (secondary N) is 2. The number of aromatic amines is 2. The third kappa shape index (κ3) is 5.10. The Hall–Kier alpha value is -4.06. The summed E-state index contributed by atoms with van der Waals surface area (Å²) >= 11 is 0. The lowest BCUT2D eigenvalue weighted by atomic mass is 10.1. The number of fused-ring (bicyclic) bond motifs is 2. The van der Waals surface area contributed by atoms with Gasteiger partial charge in [0.05, 0.1) is 45.3 Å². The number of imidazole rings is 1. The van der Waals surface area contributed by atoms with Crippen molar-refractivity contribution in [3.05, 3.63) is 82.9 Å². The van der Waals surface area contributed by atoms with Crippen molar-refractivity contribution < 1.29 is 13.2 Å². The zero-order valence-corrected chi connectivity index (χ0v) is 22.9. The number of H-pyrrole nitrogens is 2. The van der Waals surface area contributed by atoms with Gasteiger partial charge >= 0.3 is 0 Å². The van der Waals surface area contributed by atoms with Crippen molar-refractivity contribution in [1.82, 2.24) is 29.1 Å². The summed E-state index contributed by atoms with van der Waals surface area (Å²) < 4.78 is 34.9. The normalized spacial score (nSPS) is 15.1. The molecule has 0 aliphatic carbocycles. The molecule has 0 spiro atoms. The zero-order valence-electron chi connectivity index (χ0n) is 22.1. The number of nitrogens with zero attached hydrogens (tertiary/aromatic N) is 4. The van der Waals surface area contributed by atoms with E-state index in [-0.39, 0.29) is 16.3 Å². The predicted molar refractivity (Wildman–Crippen MR) is 154 cm³/mol. The average molecular weight is 559 g/mol. The van der Waals surface area contributed by atoms with Gasteiger partial charge in [-0.2, -0.15) is 4.31 Å². The lowest BCUT2D eigenvalue weighted by Crippen LogP contribution is -2.48. The van der Waals surface area contributed by atoms with E-state index < -0.39 is 10.0 Å². The van der Waals surface area contributed by atoms with Crippen LogP contribution in [0.3, 0.4) is 0 Å². The maximum Gasteiger partial charge on any atom is 0.259 e. The van der Waals surface area contributed by atoms with Crippen LogP contribution < -0.4 is 10.3 Å². The molecule has 0 saturated carbocycles. The lowest BCUT2D eigenvalue weighted by molar-refractivity contribution is 0.181. The highest BCUT2D eigenvalue weighted by molar-refractivity contribution is 7.89. The van der Waals surface area contributed by atoms with Crippen molar-refractivity contribution in [2.75, 3.05) is 32.8 Å². The first-order valence-electron chi connectivity index (χ1n) is 13.3. The molecule has 1 aliphatic heterocycles. The summed E-state index contributed by atoms with van der Waals surface area (Å²) in [7, 11) is -3.78. The van der Waals surface area contributed by atoms with Gasteiger partial charge in [-0.15, -0.1) is 0 Å². The molecule has 206 valence electrons. The Labute approximate surface area is 231 Å². The van der Waals surface area contributed by atoms with Crippen LogP contribution in [0.2, 0.25) is 0 Å². The van der Waals surface area contributed by atoms with Crippen LogP contribution in [0.4, 0.5) is 0 Å². The van der Waals surface area contributed by atoms with E-state index in [0.29, 0.717) is 60.5 Å². The maximum atomic E-state index is 13.7. The lowest BCUT2D eigenvalue weighted by Gasteiger charge is -2.34. The van der Waals surface area contributed by atoms with Gasteiger partial charge in [0.2, 0.25) is 10.0 Å². The Morgan fingerprint density at radius 2 is 1.77 bits per heavy atom. The van der Waals surface area contributed by atoms with E-state index in [1.165, 1.54) is 9.87 Å². The van der Waals surface area contributed by atoms with Gasteiger partial charge in [-0.05, 0) is 42.3 Å². The van der Waals surface area contributed by atoms with Crippen LogP contribution in [0.1, 0.15) is 18.9 Å². The van der Waals surface area contributed by atoms with Crippen molar-refractivity contribution in [3.8, 4) is 17.1 Å². The van der Waals surface area contributed by atoms with E-state index in [1.54, 1.807) is 36.7 Å². The maximum absolute atomic E-state index is 13.7. The van der Waals surface area contributed by atoms with Gasteiger partial charge in [0.15, 0.2) is 0 Å². The minimum absolute atomic E-state index is 0.133. The molecule has 0 amide bonds. The zero-order chi connectivity index (χ0) is 27.7. The third-order valence-corrected chi connectivity index (χ3v) is 9.03. The minimum atomic E-state index is -3.78. The van der Waals surface area contributed by atoms with Crippen molar-refractivity contribution in [1.29, 1.82) is 0 Å². The number of rotatable bonds is 8. The van der Waals surface area contributed by atoms with Gasteiger partial charge in [0, 0.05) is 32.7 Å². The molecule has 40 heavy (non-hydrogen) atoms. The minimum Gasteiger partial charge on any atom is -0.493 e. The van der Waals surface area contributed by atoms with E-state index in [9.17, 15) is 13.2 Å². The number of ether oxygens (including phenoxy) is 1. The van der Waals surface area contributed by atoms with Crippen LogP contribution in [-0.4, -0.2) is 70.3 Å². The molecule has 1 aliphatic rings.